The first-order valence-corrected chi connectivity index (χ1v) is 11.1. The minimum atomic E-state index is -0.814. The second kappa shape index (κ2) is 11.1. The Hall–Kier alpha value is -4.79. The molecule has 9 nitrogen and oxygen atoms in total. The summed E-state index contributed by atoms with van der Waals surface area (Å²) in [5.41, 5.74) is 1.62. The van der Waals surface area contributed by atoms with Crippen molar-refractivity contribution in [1.29, 1.82) is 0 Å². The maximum absolute atomic E-state index is 12.9. The first-order chi connectivity index (χ1) is 17.5. The van der Waals surface area contributed by atoms with Crippen LogP contribution >= 0.6 is 0 Å². The van der Waals surface area contributed by atoms with E-state index in [0.29, 0.717) is 16.3 Å². The van der Waals surface area contributed by atoms with E-state index in [4.69, 9.17) is 4.74 Å². The smallest absolute Gasteiger partial charge is 0.359 e. The van der Waals surface area contributed by atoms with Crippen molar-refractivity contribution in [1.82, 2.24) is 15.1 Å². The number of rotatable bonds is 8. The molecule has 0 aliphatic heterocycles. The van der Waals surface area contributed by atoms with Gasteiger partial charge in [-0.2, -0.15) is 5.10 Å². The second-order valence-corrected chi connectivity index (χ2v) is 7.88. The van der Waals surface area contributed by atoms with Gasteiger partial charge in [-0.3, -0.25) is 9.59 Å². The number of benzene rings is 3. The van der Waals surface area contributed by atoms with Crippen LogP contribution in [0.4, 0.5) is 0 Å². The van der Waals surface area contributed by atoms with Gasteiger partial charge in [0.05, 0.1) is 24.6 Å². The first-order valence-electron chi connectivity index (χ1n) is 11.1. The Labute approximate surface area is 206 Å². The highest BCUT2D eigenvalue weighted by Gasteiger charge is 2.19. The minimum Gasteiger partial charge on any atom is -0.465 e. The first kappa shape index (κ1) is 24.3. The summed E-state index contributed by atoms with van der Waals surface area (Å²) in [6.07, 6.45) is 0. The van der Waals surface area contributed by atoms with E-state index in [9.17, 15) is 19.2 Å². The Balaban J connectivity index is 1.44. The number of hydrogen-bond donors (Lipinski definition) is 1. The number of ether oxygens (including phenoxy) is 2. The molecule has 4 rings (SSSR count). The van der Waals surface area contributed by atoms with Crippen molar-refractivity contribution in [3.05, 3.63) is 112 Å². The third-order valence-electron chi connectivity index (χ3n) is 5.44. The third-order valence-corrected chi connectivity index (χ3v) is 5.44. The van der Waals surface area contributed by atoms with Gasteiger partial charge in [0.25, 0.3) is 11.5 Å². The fourth-order valence-corrected chi connectivity index (χ4v) is 3.58. The van der Waals surface area contributed by atoms with E-state index in [1.807, 2.05) is 30.3 Å². The summed E-state index contributed by atoms with van der Waals surface area (Å²) in [7, 11) is 1.30. The molecule has 1 amide bonds. The van der Waals surface area contributed by atoms with E-state index >= 15 is 0 Å². The molecule has 36 heavy (non-hydrogen) atoms. The van der Waals surface area contributed by atoms with Crippen LogP contribution in [0.1, 0.15) is 32.0 Å². The molecule has 0 saturated heterocycles. The molecule has 0 radical (unpaired) electrons. The molecule has 0 unspecified atom stereocenters. The van der Waals surface area contributed by atoms with Gasteiger partial charge in [-0.05, 0) is 29.3 Å². The molecule has 4 aromatic rings. The van der Waals surface area contributed by atoms with Crippen molar-refractivity contribution in [2.75, 3.05) is 13.7 Å². The third kappa shape index (κ3) is 5.64. The Morgan fingerprint density at radius 2 is 1.50 bits per heavy atom. The van der Waals surface area contributed by atoms with Crippen molar-refractivity contribution < 1.29 is 23.9 Å². The molecule has 1 heterocycles. The molecule has 0 aliphatic rings. The predicted molar refractivity (Wildman–Crippen MR) is 131 cm³/mol. The lowest BCUT2D eigenvalue weighted by atomic mass is 10.1. The van der Waals surface area contributed by atoms with Gasteiger partial charge in [0.15, 0.2) is 12.3 Å². The predicted octanol–water partition coefficient (Wildman–Crippen LogP) is 2.70. The Bertz CT molecular complexity index is 1460. The number of methoxy groups -OCH3 is 1. The van der Waals surface area contributed by atoms with Gasteiger partial charge in [-0.1, -0.05) is 60.7 Å². The molecule has 1 N–H and O–H groups in total. The number of fused-ring (bicyclic) bond motifs is 1. The molecule has 0 spiro atoms. The number of amides is 1. The zero-order valence-electron chi connectivity index (χ0n) is 19.5. The number of nitrogens with one attached hydrogen (secondary N) is 1. The summed E-state index contributed by atoms with van der Waals surface area (Å²) in [6.45, 7) is -0.159. The van der Waals surface area contributed by atoms with Gasteiger partial charge < -0.3 is 14.8 Å². The molecule has 0 aliphatic carbocycles. The van der Waals surface area contributed by atoms with Crippen LogP contribution in [-0.2, 0) is 27.4 Å². The van der Waals surface area contributed by atoms with Gasteiger partial charge in [0, 0.05) is 11.9 Å². The van der Waals surface area contributed by atoms with E-state index in [-0.39, 0.29) is 24.3 Å². The summed E-state index contributed by atoms with van der Waals surface area (Å²) in [4.78, 5) is 49.6. The quantitative estimate of drug-likeness (QED) is 0.382. The zero-order chi connectivity index (χ0) is 25.5. The molecule has 0 saturated carbocycles. The van der Waals surface area contributed by atoms with E-state index in [0.717, 1.165) is 11.1 Å². The lowest BCUT2D eigenvalue weighted by Crippen LogP contribution is -2.30. The van der Waals surface area contributed by atoms with E-state index in [2.05, 4.69) is 15.2 Å². The van der Waals surface area contributed by atoms with Gasteiger partial charge in [-0.25, -0.2) is 14.3 Å². The number of aromatic nitrogens is 2. The normalized spacial score (nSPS) is 10.6. The minimum absolute atomic E-state index is 0.0488. The van der Waals surface area contributed by atoms with Crippen molar-refractivity contribution in [3.8, 4) is 0 Å². The highest BCUT2D eigenvalue weighted by atomic mass is 16.5. The molecular formula is C27H23N3O6. The topological polar surface area (TPSA) is 117 Å². The average Bonchev–Trinajstić information content (AvgIpc) is 2.92. The number of carbonyl (C=O) groups excluding carboxylic acids is 3. The molecule has 1 aromatic heterocycles. The zero-order valence-corrected chi connectivity index (χ0v) is 19.5. The number of hydrogen-bond acceptors (Lipinski definition) is 7. The van der Waals surface area contributed by atoms with Crippen LogP contribution in [0.5, 0.6) is 0 Å². The Morgan fingerprint density at radius 1 is 0.833 bits per heavy atom. The summed E-state index contributed by atoms with van der Waals surface area (Å²) >= 11 is 0. The molecule has 0 bridgehead atoms. The molecular weight excluding hydrogens is 462 g/mol. The van der Waals surface area contributed by atoms with Crippen LogP contribution in [0.2, 0.25) is 0 Å². The number of esters is 2. The highest BCUT2D eigenvalue weighted by molar-refractivity contribution is 6.02. The fraction of sp³-hybridized carbons (Fsp3) is 0.148. The van der Waals surface area contributed by atoms with Gasteiger partial charge >= 0.3 is 11.9 Å². The second-order valence-electron chi connectivity index (χ2n) is 7.88. The summed E-state index contributed by atoms with van der Waals surface area (Å²) in [5, 5.41) is 7.59. The standard InChI is InChI=1S/C27H23N3O6/c1-35-26(33)20-13-11-18(12-14-20)15-28-23(31)17-36-27(34)24-21-9-5-6-10-22(21)25(32)30(29-24)16-19-7-3-2-4-8-19/h2-14H,15-17H2,1H3,(H,28,31). The van der Waals surface area contributed by atoms with Crippen molar-refractivity contribution in [3.63, 3.8) is 0 Å². The SMILES string of the molecule is COC(=O)c1ccc(CNC(=O)COC(=O)c2nn(Cc3ccccc3)c(=O)c3ccccc23)cc1. The van der Waals surface area contributed by atoms with Crippen LogP contribution in [0.3, 0.4) is 0 Å². The van der Waals surface area contributed by atoms with Crippen molar-refractivity contribution in [2.45, 2.75) is 13.1 Å². The van der Waals surface area contributed by atoms with E-state index in [1.165, 1.54) is 11.8 Å². The van der Waals surface area contributed by atoms with E-state index < -0.39 is 24.5 Å². The summed E-state index contributed by atoms with van der Waals surface area (Å²) < 4.78 is 11.1. The van der Waals surface area contributed by atoms with E-state index in [1.54, 1.807) is 48.5 Å². The van der Waals surface area contributed by atoms with Crippen LogP contribution in [0.25, 0.3) is 10.8 Å². The highest BCUT2D eigenvalue weighted by Crippen LogP contribution is 2.15. The fourth-order valence-electron chi connectivity index (χ4n) is 3.58. The van der Waals surface area contributed by atoms with Gasteiger partial charge in [-0.15, -0.1) is 0 Å². The summed E-state index contributed by atoms with van der Waals surface area (Å²) in [6, 6.07) is 22.5. The maximum atomic E-state index is 12.9. The number of carbonyl (C=O) groups is 3. The average molecular weight is 485 g/mol. The molecule has 9 heteroatoms. The largest absolute Gasteiger partial charge is 0.465 e. The van der Waals surface area contributed by atoms with Crippen LogP contribution in [-0.4, -0.2) is 41.3 Å². The monoisotopic (exact) mass is 485 g/mol. The van der Waals surface area contributed by atoms with Gasteiger partial charge in [0.1, 0.15) is 0 Å². The van der Waals surface area contributed by atoms with Crippen molar-refractivity contribution >= 4 is 28.6 Å². The Kier molecular flexibility index (Phi) is 7.50. The van der Waals surface area contributed by atoms with Crippen LogP contribution < -0.4 is 10.9 Å². The molecule has 182 valence electrons. The lowest BCUT2D eigenvalue weighted by Gasteiger charge is -2.11. The number of nitrogens with zero attached hydrogens (tertiary/aromatic N) is 2. The lowest BCUT2D eigenvalue weighted by molar-refractivity contribution is -0.124. The maximum Gasteiger partial charge on any atom is 0.359 e. The Morgan fingerprint density at radius 3 is 2.19 bits per heavy atom. The molecule has 0 fully saturated rings. The van der Waals surface area contributed by atoms with Crippen LogP contribution in [0.15, 0.2) is 83.7 Å². The molecule has 0 atom stereocenters. The summed E-state index contributed by atoms with van der Waals surface area (Å²) in [5.74, 6) is -1.78. The molecule has 3 aromatic carbocycles. The van der Waals surface area contributed by atoms with Crippen molar-refractivity contribution in [2.24, 2.45) is 0 Å². The van der Waals surface area contributed by atoms with Crippen LogP contribution in [0, 0.1) is 0 Å². The van der Waals surface area contributed by atoms with Gasteiger partial charge in [0.2, 0.25) is 0 Å².